The van der Waals surface area contributed by atoms with Gasteiger partial charge in [-0.15, -0.1) is 0 Å². The number of aliphatic imine (C=N–C) groups is 1. The molecule has 0 radical (unpaired) electrons. The molecule has 0 aliphatic carbocycles. The SMILES string of the molecule is CCN=C1SC(=Cc2ccc([N+](=O)[O-])cc2)C(=O)N1CC. The molecule has 21 heavy (non-hydrogen) atoms. The van der Waals surface area contributed by atoms with Gasteiger partial charge in [-0.25, -0.2) is 0 Å². The summed E-state index contributed by atoms with van der Waals surface area (Å²) in [5.41, 5.74) is 0.788. The molecule has 1 saturated heterocycles. The first-order valence-corrected chi connectivity index (χ1v) is 7.38. The lowest BCUT2D eigenvalue weighted by atomic mass is 10.2. The molecule has 1 aliphatic heterocycles. The number of rotatable bonds is 4. The summed E-state index contributed by atoms with van der Waals surface area (Å²) in [7, 11) is 0. The summed E-state index contributed by atoms with van der Waals surface area (Å²) in [4.78, 5) is 28.9. The molecule has 1 aromatic carbocycles. The number of non-ortho nitro benzene ring substituents is 1. The second-order valence-electron chi connectivity index (χ2n) is 4.27. The Balaban J connectivity index is 2.27. The van der Waals surface area contributed by atoms with Crippen molar-refractivity contribution in [2.75, 3.05) is 13.1 Å². The van der Waals surface area contributed by atoms with E-state index >= 15 is 0 Å². The Bertz CT molecular complexity index is 623. The number of hydrogen-bond donors (Lipinski definition) is 0. The van der Waals surface area contributed by atoms with Crippen LogP contribution in [0.5, 0.6) is 0 Å². The van der Waals surface area contributed by atoms with Gasteiger partial charge < -0.3 is 0 Å². The summed E-state index contributed by atoms with van der Waals surface area (Å²) in [6.45, 7) is 5.02. The summed E-state index contributed by atoms with van der Waals surface area (Å²) >= 11 is 1.33. The topological polar surface area (TPSA) is 75.8 Å². The van der Waals surface area contributed by atoms with Crippen molar-refractivity contribution in [3.63, 3.8) is 0 Å². The molecular weight excluding hydrogens is 290 g/mol. The minimum absolute atomic E-state index is 0.0333. The third kappa shape index (κ3) is 3.30. The van der Waals surface area contributed by atoms with Gasteiger partial charge in [0.05, 0.1) is 9.83 Å². The van der Waals surface area contributed by atoms with E-state index in [1.807, 2.05) is 13.8 Å². The molecule has 2 rings (SSSR count). The van der Waals surface area contributed by atoms with Crippen LogP contribution >= 0.6 is 11.8 Å². The van der Waals surface area contributed by atoms with Gasteiger partial charge in [0.1, 0.15) is 0 Å². The summed E-state index contributed by atoms with van der Waals surface area (Å²) in [5, 5.41) is 11.3. The van der Waals surface area contributed by atoms with Gasteiger partial charge in [-0.2, -0.15) is 0 Å². The van der Waals surface area contributed by atoms with Gasteiger partial charge in [-0.05, 0) is 49.4 Å². The Hall–Kier alpha value is -2.15. The predicted octanol–water partition coefficient (Wildman–Crippen LogP) is 2.91. The number of amidine groups is 1. The van der Waals surface area contributed by atoms with E-state index in [9.17, 15) is 14.9 Å². The molecule has 1 aromatic rings. The van der Waals surface area contributed by atoms with Crippen LogP contribution < -0.4 is 0 Å². The fourth-order valence-corrected chi connectivity index (χ4v) is 2.99. The quantitative estimate of drug-likeness (QED) is 0.487. The van der Waals surface area contributed by atoms with Crippen molar-refractivity contribution in [2.45, 2.75) is 13.8 Å². The highest BCUT2D eigenvalue weighted by molar-refractivity contribution is 8.18. The van der Waals surface area contributed by atoms with Crippen molar-refractivity contribution >= 4 is 34.6 Å². The van der Waals surface area contributed by atoms with Crippen molar-refractivity contribution in [1.29, 1.82) is 0 Å². The van der Waals surface area contributed by atoms with Crippen molar-refractivity contribution < 1.29 is 9.72 Å². The number of carbonyl (C=O) groups excluding carboxylic acids is 1. The van der Waals surface area contributed by atoms with E-state index in [4.69, 9.17) is 0 Å². The second kappa shape index (κ2) is 6.53. The lowest BCUT2D eigenvalue weighted by Crippen LogP contribution is -2.28. The molecule has 110 valence electrons. The number of likely N-dealkylation sites (N-methyl/N-ethyl adjacent to an activating group) is 1. The molecule has 0 N–H and O–H groups in total. The van der Waals surface area contributed by atoms with Crippen molar-refractivity contribution in [3.05, 3.63) is 44.8 Å². The van der Waals surface area contributed by atoms with E-state index < -0.39 is 4.92 Å². The van der Waals surface area contributed by atoms with Crippen LogP contribution in [-0.2, 0) is 4.79 Å². The summed E-state index contributed by atoms with van der Waals surface area (Å²) < 4.78 is 0. The van der Waals surface area contributed by atoms with E-state index in [1.54, 1.807) is 23.1 Å². The molecule has 0 saturated carbocycles. The largest absolute Gasteiger partial charge is 0.287 e. The van der Waals surface area contributed by atoms with Gasteiger partial charge >= 0.3 is 0 Å². The smallest absolute Gasteiger partial charge is 0.269 e. The highest BCUT2D eigenvalue weighted by atomic mass is 32.2. The van der Waals surface area contributed by atoms with E-state index in [2.05, 4.69) is 4.99 Å². The Morgan fingerprint density at radius 2 is 2.00 bits per heavy atom. The average molecular weight is 305 g/mol. The van der Waals surface area contributed by atoms with Crippen LogP contribution in [-0.4, -0.2) is 34.0 Å². The molecular formula is C14H15N3O3S. The van der Waals surface area contributed by atoms with E-state index in [-0.39, 0.29) is 11.6 Å². The number of nitro groups is 1. The van der Waals surface area contributed by atoms with E-state index in [0.29, 0.717) is 23.2 Å². The number of hydrogen-bond acceptors (Lipinski definition) is 5. The number of benzene rings is 1. The standard InChI is InChI=1S/C14H15N3O3S/c1-3-15-14-16(4-2)13(18)12(21-14)9-10-5-7-11(8-6-10)17(19)20/h5-9H,3-4H2,1-2H3. The first-order valence-electron chi connectivity index (χ1n) is 6.57. The molecule has 0 atom stereocenters. The van der Waals surface area contributed by atoms with Gasteiger partial charge in [0, 0.05) is 25.2 Å². The molecule has 1 amide bonds. The maximum atomic E-state index is 12.2. The zero-order valence-corrected chi connectivity index (χ0v) is 12.6. The Kier molecular flexibility index (Phi) is 4.74. The molecule has 1 fully saturated rings. The minimum Gasteiger partial charge on any atom is -0.287 e. The highest BCUT2D eigenvalue weighted by Gasteiger charge is 2.31. The fourth-order valence-electron chi connectivity index (χ4n) is 1.88. The third-order valence-corrected chi connectivity index (χ3v) is 3.94. The summed E-state index contributed by atoms with van der Waals surface area (Å²) in [5.74, 6) is -0.0759. The van der Waals surface area contributed by atoms with Crippen LogP contribution in [0.2, 0.25) is 0 Å². The monoisotopic (exact) mass is 305 g/mol. The van der Waals surface area contributed by atoms with Crippen LogP contribution in [0, 0.1) is 10.1 Å². The zero-order chi connectivity index (χ0) is 15.4. The summed E-state index contributed by atoms with van der Waals surface area (Å²) in [6, 6.07) is 6.11. The maximum Gasteiger partial charge on any atom is 0.269 e. The van der Waals surface area contributed by atoms with Gasteiger partial charge in [0.2, 0.25) is 0 Å². The first kappa shape index (κ1) is 15.2. The Labute approximate surface area is 126 Å². The van der Waals surface area contributed by atoms with Gasteiger partial charge in [-0.1, -0.05) is 0 Å². The maximum absolute atomic E-state index is 12.2. The van der Waals surface area contributed by atoms with Crippen LogP contribution in [0.3, 0.4) is 0 Å². The van der Waals surface area contributed by atoms with Gasteiger partial charge in [-0.3, -0.25) is 24.8 Å². The molecule has 0 unspecified atom stereocenters. The lowest BCUT2D eigenvalue weighted by Gasteiger charge is -2.11. The molecule has 0 bridgehead atoms. The van der Waals surface area contributed by atoms with Gasteiger partial charge in [0.25, 0.3) is 11.6 Å². The first-order chi connectivity index (χ1) is 10.1. The van der Waals surface area contributed by atoms with Gasteiger partial charge in [0.15, 0.2) is 5.17 Å². The lowest BCUT2D eigenvalue weighted by molar-refractivity contribution is -0.384. The summed E-state index contributed by atoms with van der Waals surface area (Å²) in [6.07, 6.45) is 1.73. The molecule has 7 heteroatoms. The molecule has 0 aromatic heterocycles. The predicted molar refractivity (Wildman–Crippen MR) is 84.0 cm³/mol. The number of nitrogens with zero attached hydrogens (tertiary/aromatic N) is 3. The fraction of sp³-hybridized carbons (Fsp3) is 0.286. The minimum atomic E-state index is -0.447. The average Bonchev–Trinajstić information content (AvgIpc) is 2.75. The van der Waals surface area contributed by atoms with Crippen LogP contribution in [0.25, 0.3) is 6.08 Å². The number of amides is 1. The van der Waals surface area contributed by atoms with Crippen molar-refractivity contribution in [3.8, 4) is 0 Å². The number of carbonyl (C=O) groups is 1. The molecule has 1 aliphatic rings. The van der Waals surface area contributed by atoms with Crippen LogP contribution in [0.1, 0.15) is 19.4 Å². The molecule has 6 nitrogen and oxygen atoms in total. The van der Waals surface area contributed by atoms with E-state index in [1.165, 1.54) is 23.9 Å². The van der Waals surface area contributed by atoms with Crippen molar-refractivity contribution in [1.82, 2.24) is 4.90 Å². The molecule has 0 spiro atoms. The van der Waals surface area contributed by atoms with Crippen LogP contribution in [0.4, 0.5) is 5.69 Å². The number of nitro benzene ring substituents is 1. The Morgan fingerprint density at radius 3 is 2.52 bits per heavy atom. The second-order valence-corrected chi connectivity index (χ2v) is 5.27. The number of thioether (sulfide) groups is 1. The zero-order valence-electron chi connectivity index (χ0n) is 11.8. The third-order valence-electron chi connectivity index (χ3n) is 2.90. The Morgan fingerprint density at radius 1 is 1.33 bits per heavy atom. The van der Waals surface area contributed by atoms with E-state index in [0.717, 1.165) is 5.56 Å². The van der Waals surface area contributed by atoms with Crippen LogP contribution in [0.15, 0.2) is 34.2 Å². The normalized spacial score (nSPS) is 18.8. The van der Waals surface area contributed by atoms with Crippen molar-refractivity contribution in [2.24, 2.45) is 4.99 Å². The highest BCUT2D eigenvalue weighted by Crippen LogP contribution is 2.32. The molecule has 1 heterocycles.